The fourth-order valence-corrected chi connectivity index (χ4v) is 9.71. The summed E-state index contributed by atoms with van der Waals surface area (Å²) in [7, 11) is -6.19. The average Bonchev–Trinajstić information content (AvgIpc) is 2.94. The first-order chi connectivity index (χ1) is 17.0. The minimum atomic E-state index is -3.10. The molecule has 1 atom stereocenters. The molecule has 0 N–H and O–H groups in total. The Balaban J connectivity index is 1.67. The largest absolute Gasteiger partial charge is 0.309 e. The number of benzene rings is 5. The molecular weight excluding hydrogens is 466 g/mol. The molecule has 0 aliphatic heterocycles. The van der Waals surface area contributed by atoms with Crippen LogP contribution in [0.3, 0.4) is 0 Å². The fraction of sp³-hybridized carbons (Fsp3) is 0.0323. The molecule has 0 aliphatic rings. The van der Waals surface area contributed by atoms with Crippen molar-refractivity contribution in [3.05, 3.63) is 145 Å². The van der Waals surface area contributed by atoms with Crippen molar-refractivity contribution in [1.29, 1.82) is 0 Å². The van der Waals surface area contributed by atoms with Crippen LogP contribution in [0, 0.1) is 6.92 Å². The maximum Gasteiger partial charge on any atom is 0.171 e. The second-order valence-electron chi connectivity index (χ2n) is 8.58. The van der Waals surface area contributed by atoms with E-state index in [0.29, 0.717) is 0 Å². The van der Waals surface area contributed by atoms with E-state index >= 15 is 0 Å². The summed E-state index contributed by atoms with van der Waals surface area (Å²) in [6.45, 7) is 2.02. The molecule has 5 aromatic carbocycles. The van der Waals surface area contributed by atoms with Gasteiger partial charge >= 0.3 is 0 Å². The van der Waals surface area contributed by atoms with Gasteiger partial charge in [0.25, 0.3) is 0 Å². The number of hydrogen-bond donors (Lipinski definition) is 0. The summed E-state index contributed by atoms with van der Waals surface area (Å²) in [6, 6.07) is 44.3. The Bertz CT molecular complexity index is 1470. The van der Waals surface area contributed by atoms with Crippen LogP contribution >= 0.6 is 14.3 Å². The molecule has 0 bridgehead atoms. The summed E-state index contributed by atoms with van der Waals surface area (Å²) in [6.07, 6.45) is 0. The number of aryl methyl sites for hydroxylation is 1. The Morgan fingerprint density at radius 2 is 0.571 bits per heavy atom. The van der Waals surface area contributed by atoms with Gasteiger partial charge in [-0.05, 0) is 6.92 Å². The average molecular weight is 492 g/mol. The van der Waals surface area contributed by atoms with E-state index in [-0.39, 0.29) is 0 Å². The zero-order valence-corrected chi connectivity index (χ0v) is 21.3. The zero-order valence-electron chi connectivity index (χ0n) is 19.5. The highest BCUT2D eigenvalue weighted by molar-refractivity contribution is 7.86. The minimum Gasteiger partial charge on any atom is -0.309 e. The summed E-state index contributed by atoms with van der Waals surface area (Å²) in [4.78, 5) is 0. The van der Waals surface area contributed by atoms with Crippen molar-refractivity contribution >= 4 is 46.1 Å². The molecule has 5 rings (SSSR count). The van der Waals surface area contributed by atoms with Crippen molar-refractivity contribution in [3.63, 3.8) is 0 Å². The van der Waals surface area contributed by atoms with Gasteiger partial charge in [-0.1, -0.05) is 145 Å². The highest BCUT2D eigenvalue weighted by atomic mass is 31.2. The van der Waals surface area contributed by atoms with Crippen LogP contribution in [-0.2, 0) is 9.13 Å². The first-order valence-corrected chi connectivity index (χ1v) is 15.0. The molecule has 1 unspecified atom stereocenters. The third kappa shape index (κ3) is 4.25. The van der Waals surface area contributed by atoms with Crippen LogP contribution in [0.1, 0.15) is 5.56 Å². The van der Waals surface area contributed by atoms with Gasteiger partial charge in [-0.2, -0.15) is 0 Å². The van der Waals surface area contributed by atoms with Gasteiger partial charge in [-0.15, -0.1) is 0 Å². The lowest BCUT2D eigenvalue weighted by Gasteiger charge is -2.23. The van der Waals surface area contributed by atoms with E-state index in [2.05, 4.69) is 0 Å². The SMILES string of the molecule is Cc1ccc(P(=O)(c2ccccc2)c2ccc(P(=O)(c3ccccc3)c3ccccc3)cc2)cc1. The van der Waals surface area contributed by atoms with Crippen LogP contribution in [0.5, 0.6) is 0 Å². The highest BCUT2D eigenvalue weighted by Gasteiger charge is 2.32. The Hall–Kier alpha value is -3.44. The molecule has 0 aliphatic carbocycles. The summed E-state index contributed by atoms with van der Waals surface area (Å²) >= 11 is 0. The molecule has 5 aromatic rings. The van der Waals surface area contributed by atoms with E-state index in [4.69, 9.17) is 0 Å². The third-order valence-electron chi connectivity index (χ3n) is 6.33. The van der Waals surface area contributed by atoms with E-state index < -0.39 is 14.3 Å². The van der Waals surface area contributed by atoms with Crippen molar-refractivity contribution in [3.8, 4) is 0 Å². The normalized spacial score (nSPS) is 13.2. The maximum absolute atomic E-state index is 14.8. The smallest absolute Gasteiger partial charge is 0.171 e. The second kappa shape index (κ2) is 9.67. The quantitative estimate of drug-likeness (QED) is 0.303. The van der Waals surface area contributed by atoms with Gasteiger partial charge in [-0.25, -0.2) is 0 Å². The van der Waals surface area contributed by atoms with Gasteiger partial charge in [0, 0.05) is 31.8 Å². The summed E-state index contributed by atoms with van der Waals surface area (Å²) < 4.78 is 29.4. The fourth-order valence-electron chi connectivity index (χ4n) is 4.44. The van der Waals surface area contributed by atoms with E-state index in [0.717, 1.165) is 37.4 Å². The maximum atomic E-state index is 14.8. The van der Waals surface area contributed by atoms with Crippen LogP contribution in [0.2, 0.25) is 0 Å². The second-order valence-corrected chi connectivity index (χ2v) is 14.1. The van der Waals surface area contributed by atoms with Crippen molar-refractivity contribution < 1.29 is 9.13 Å². The minimum absolute atomic E-state index is 0.724. The van der Waals surface area contributed by atoms with E-state index in [1.54, 1.807) is 0 Å². The van der Waals surface area contributed by atoms with E-state index in [9.17, 15) is 9.13 Å². The number of hydrogen-bond acceptors (Lipinski definition) is 2. The Morgan fingerprint density at radius 1 is 0.343 bits per heavy atom. The molecule has 0 aromatic heterocycles. The molecule has 4 heteroatoms. The molecule has 0 radical (unpaired) electrons. The van der Waals surface area contributed by atoms with Crippen molar-refractivity contribution in [2.24, 2.45) is 0 Å². The van der Waals surface area contributed by atoms with Gasteiger partial charge in [-0.3, -0.25) is 0 Å². The topological polar surface area (TPSA) is 34.1 Å². The third-order valence-corrected chi connectivity index (χ3v) is 12.5. The van der Waals surface area contributed by atoms with E-state index in [1.807, 2.05) is 146 Å². The lowest BCUT2D eigenvalue weighted by molar-refractivity contribution is 0.591. The lowest BCUT2D eigenvalue weighted by atomic mass is 10.2. The summed E-state index contributed by atoms with van der Waals surface area (Å²) in [5, 5.41) is 4.58. The molecule has 172 valence electrons. The zero-order chi connectivity index (χ0) is 24.3. The van der Waals surface area contributed by atoms with Crippen LogP contribution in [0.15, 0.2) is 140 Å². The summed E-state index contributed by atoms with van der Waals surface area (Å²) in [5.74, 6) is 0. The van der Waals surface area contributed by atoms with Crippen molar-refractivity contribution in [1.82, 2.24) is 0 Å². The van der Waals surface area contributed by atoms with Gasteiger partial charge in [0.1, 0.15) is 0 Å². The van der Waals surface area contributed by atoms with Gasteiger partial charge < -0.3 is 9.13 Å². The monoisotopic (exact) mass is 492 g/mol. The van der Waals surface area contributed by atoms with Gasteiger partial charge in [0.15, 0.2) is 14.3 Å². The molecule has 0 fully saturated rings. The Kier molecular flexibility index (Phi) is 6.44. The molecule has 0 saturated carbocycles. The Labute approximate surface area is 207 Å². The standard InChI is InChI=1S/C31H26O2P2/c1-25-17-19-29(20-18-25)35(33,28-15-9-4-10-16-28)31-23-21-30(22-24-31)34(32,26-11-5-2-6-12-26)27-13-7-3-8-14-27/h2-24H,1H3. The predicted octanol–water partition coefficient (Wildman–Crippen LogP) is 5.27. The van der Waals surface area contributed by atoms with Crippen molar-refractivity contribution in [2.45, 2.75) is 6.92 Å². The molecule has 35 heavy (non-hydrogen) atoms. The van der Waals surface area contributed by atoms with Crippen LogP contribution in [0.4, 0.5) is 0 Å². The van der Waals surface area contributed by atoms with Crippen LogP contribution < -0.4 is 31.8 Å². The first kappa shape index (κ1) is 23.3. The predicted molar refractivity (Wildman–Crippen MR) is 150 cm³/mol. The summed E-state index contributed by atoms with van der Waals surface area (Å²) in [5.41, 5.74) is 1.12. The molecule has 0 saturated heterocycles. The number of rotatable bonds is 6. The molecule has 0 amide bonds. The highest BCUT2D eigenvalue weighted by Crippen LogP contribution is 2.45. The molecular formula is C31H26O2P2. The van der Waals surface area contributed by atoms with Gasteiger partial charge in [0.05, 0.1) is 0 Å². The van der Waals surface area contributed by atoms with Crippen LogP contribution in [-0.4, -0.2) is 0 Å². The lowest BCUT2D eigenvalue weighted by Crippen LogP contribution is -2.28. The van der Waals surface area contributed by atoms with E-state index in [1.165, 1.54) is 0 Å². The molecule has 0 heterocycles. The van der Waals surface area contributed by atoms with Crippen LogP contribution in [0.25, 0.3) is 0 Å². The molecule has 2 nitrogen and oxygen atoms in total. The van der Waals surface area contributed by atoms with Gasteiger partial charge in [0.2, 0.25) is 0 Å². The molecule has 0 spiro atoms. The van der Waals surface area contributed by atoms with Crippen molar-refractivity contribution in [2.75, 3.05) is 0 Å². The Morgan fingerprint density at radius 3 is 0.857 bits per heavy atom. The first-order valence-electron chi connectivity index (χ1n) is 11.6.